The SMILES string of the molecule is CC(C)(C)c1ccc(Nc2ccccc2-c2cc(C(C)(C)C)c3c4c5ccccc5ccc4n4c3c2[B]c2cc3c(cc2-4)-c2ccccc2C3(C)C)cc1. The van der Waals surface area contributed by atoms with Crippen molar-refractivity contribution in [3.63, 3.8) is 0 Å². The molecule has 1 aliphatic heterocycles. The summed E-state index contributed by atoms with van der Waals surface area (Å²) in [7, 11) is 2.49. The van der Waals surface area contributed by atoms with E-state index in [0.29, 0.717) is 0 Å². The zero-order valence-corrected chi connectivity index (χ0v) is 32.6. The molecule has 1 N–H and O–H groups in total. The van der Waals surface area contributed by atoms with Crippen molar-refractivity contribution in [1.29, 1.82) is 0 Å². The Balaban J connectivity index is 1.30. The lowest BCUT2D eigenvalue weighted by Gasteiger charge is -2.29. The highest BCUT2D eigenvalue weighted by molar-refractivity contribution is 6.73. The third kappa shape index (κ3) is 4.73. The first kappa shape index (κ1) is 33.1. The maximum atomic E-state index is 3.84. The zero-order valence-electron chi connectivity index (χ0n) is 32.6. The maximum absolute atomic E-state index is 3.84. The van der Waals surface area contributed by atoms with Crippen LogP contribution in [-0.2, 0) is 16.2 Å². The Morgan fingerprint density at radius 2 is 1.30 bits per heavy atom. The minimum Gasteiger partial charge on any atom is -0.355 e. The largest absolute Gasteiger partial charge is 0.355 e. The molecular formula is C51H46BN2. The van der Waals surface area contributed by atoms with Gasteiger partial charge in [0.25, 0.3) is 0 Å². The van der Waals surface area contributed by atoms with Gasteiger partial charge in [-0.15, -0.1) is 0 Å². The first-order chi connectivity index (χ1) is 25.8. The summed E-state index contributed by atoms with van der Waals surface area (Å²) in [6, 6.07) is 47.9. The van der Waals surface area contributed by atoms with Crippen LogP contribution in [0.15, 0.2) is 127 Å². The molecule has 8 aromatic rings. The number of nitrogens with one attached hydrogen (secondary N) is 1. The lowest BCUT2D eigenvalue weighted by molar-refractivity contribution is 0.590. The summed E-state index contributed by atoms with van der Waals surface area (Å²) in [5.41, 5.74) is 19.1. The lowest BCUT2D eigenvalue weighted by Crippen LogP contribution is -2.38. The standard InChI is InChI=1S/C51H46BN2/c1-49(2,3)31-22-24-32(25-23-31)53-42-20-14-12-18-35(42)37-27-40(50(4,5)6)46-45-33-16-10-9-15-30(33)21-26-43(45)54-44-28-36-34-17-11-13-19-38(34)51(7,8)39(36)29-41(44)52-47(37)48(46)54/h9-29,53H,1-8H3. The van der Waals surface area contributed by atoms with E-state index < -0.39 is 0 Å². The minimum absolute atomic E-state index is 0.0860. The van der Waals surface area contributed by atoms with Gasteiger partial charge in [0.05, 0.1) is 5.52 Å². The number of fused-ring (bicyclic) bond motifs is 10. The Bertz CT molecular complexity index is 2860. The first-order valence-electron chi connectivity index (χ1n) is 19.4. The van der Waals surface area contributed by atoms with E-state index >= 15 is 0 Å². The van der Waals surface area contributed by atoms with Crippen molar-refractivity contribution in [2.75, 3.05) is 5.32 Å². The average molecular weight is 698 g/mol. The molecule has 10 rings (SSSR count). The van der Waals surface area contributed by atoms with Gasteiger partial charge in [0.1, 0.15) is 0 Å². The van der Waals surface area contributed by atoms with Gasteiger partial charge >= 0.3 is 0 Å². The van der Waals surface area contributed by atoms with Crippen molar-refractivity contribution in [2.24, 2.45) is 0 Å². The van der Waals surface area contributed by atoms with E-state index in [4.69, 9.17) is 0 Å². The normalized spacial score (nSPS) is 14.2. The van der Waals surface area contributed by atoms with Crippen LogP contribution in [0.5, 0.6) is 0 Å². The van der Waals surface area contributed by atoms with E-state index in [0.717, 1.165) is 11.4 Å². The second-order valence-corrected chi connectivity index (χ2v) is 18.1. The van der Waals surface area contributed by atoms with Crippen LogP contribution in [0.3, 0.4) is 0 Å². The molecule has 1 aliphatic carbocycles. The van der Waals surface area contributed by atoms with Crippen LogP contribution >= 0.6 is 0 Å². The molecule has 0 fully saturated rings. The molecule has 2 heterocycles. The summed E-state index contributed by atoms with van der Waals surface area (Å²) >= 11 is 0. The summed E-state index contributed by atoms with van der Waals surface area (Å²) in [5, 5.41) is 9.12. The molecule has 2 aliphatic rings. The van der Waals surface area contributed by atoms with Crippen LogP contribution in [0.2, 0.25) is 0 Å². The van der Waals surface area contributed by atoms with Gasteiger partial charge in [-0.05, 0) is 96.3 Å². The Morgan fingerprint density at radius 1 is 0.593 bits per heavy atom. The van der Waals surface area contributed by atoms with Crippen LogP contribution in [0, 0.1) is 0 Å². The molecule has 1 aromatic heterocycles. The third-order valence-electron chi connectivity index (χ3n) is 12.3. The quantitative estimate of drug-likeness (QED) is 0.182. The molecule has 0 bridgehead atoms. The fourth-order valence-corrected chi connectivity index (χ4v) is 9.46. The number of hydrogen-bond acceptors (Lipinski definition) is 1. The second-order valence-electron chi connectivity index (χ2n) is 18.1. The minimum atomic E-state index is -0.115. The van der Waals surface area contributed by atoms with Crippen molar-refractivity contribution >= 4 is 62.2 Å². The fraction of sp³-hybridized carbons (Fsp3) is 0.216. The van der Waals surface area contributed by atoms with Crippen LogP contribution in [0.4, 0.5) is 11.4 Å². The molecular weight excluding hydrogens is 651 g/mol. The predicted octanol–water partition coefficient (Wildman–Crippen LogP) is 12.2. The van der Waals surface area contributed by atoms with Gasteiger partial charge in [-0.25, -0.2) is 0 Å². The molecule has 0 saturated carbocycles. The predicted molar refractivity (Wildman–Crippen MR) is 233 cm³/mol. The molecule has 3 heteroatoms. The van der Waals surface area contributed by atoms with Gasteiger partial charge in [-0.3, -0.25) is 0 Å². The topological polar surface area (TPSA) is 17.0 Å². The van der Waals surface area contributed by atoms with Crippen LogP contribution in [0.1, 0.15) is 77.6 Å². The van der Waals surface area contributed by atoms with Crippen molar-refractivity contribution in [3.8, 4) is 27.9 Å². The molecule has 263 valence electrons. The number of nitrogens with zero attached hydrogens (tertiary/aromatic N) is 1. The van der Waals surface area contributed by atoms with E-state index in [1.165, 1.54) is 93.7 Å². The molecule has 54 heavy (non-hydrogen) atoms. The van der Waals surface area contributed by atoms with Gasteiger partial charge < -0.3 is 9.88 Å². The highest BCUT2D eigenvalue weighted by Crippen LogP contribution is 2.50. The van der Waals surface area contributed by atoms with Gasteiger partial charge in [-0.1, -0.05) is 158 Å². The Labute approximate surface area is 320 Å². The fourth-order valence-electron chi connectivity index (χ4n) is 9.46. The van der Waals surface area contributed by atoms with Gasteiger partial charge in [-0.2, -0.15) is 0 Å². The molecule has 0 amide bonds. The summed E-state index contributed by atoms with van der Waals surface area (Å²) in [6.07, 6.45) is 0. The smallest absolute Gasteiger partial charge is 0.197 e. The van der Waals surface area contributed by atoms with Crippen LogP contribution < -0.4 is 16.2 Å². The molecule has 1 radical (unpaired) electrons. The molecule has 7 aromatic carbocycles. The molecule has 0 spiro atoms. The monoisotopic (exact) mass is 697 g/mol. The van der Waals surface area contributed by atoms with Crippen molar-refractivity contribution in [3.05, 3.63) is 150 Å². The summed E-state index contributed by atoms with van der Waals surface area (Å²) in [6.45, 7) is 18.7. The van der Waals surface area contributed by atoms with Crippen molar-refractivity contribution < 1.29 is 0 Å². The highest BCUT2D eigenvalue weighted by atomic mass is 15.0. The Morgan fingerprint density at radius 3 is 2.06 bits per heavy atom. The Kier molecular flexibility index (Phi) is 6.89. The van der Waals surface area contributed by atoms with Crippen molar-refractivity contribution in [2.45, 2.75) is 71.6 Å². The highest BCUT2D eigenvalue weighted by Gasteiger charge is 2.38. The number of aromatic nitrogens is 1. The number of rotatable bonds is 3. The van der Waals surface area contributed by atoms with Gasteiger partial charge in [0, 0.05) is 44.3 Å². The van der Waals surface area contributed by atoms with E-state index in [2.05, 4.69) is 200 Å². The lowest BCUT2D eigenvalue weighted by atomic mass is 9.57. The Hall–Kier alpha value is -5.54. The third-order valence-corrected chi connectivity index (χ3v) is 12.3. The average Bonchev–Trinajstić information content (AvgIpc) is 3.61. The summed E-state index contributed by atoms with van der Waals surface area (Å²) < 4.78 is 2.61. The molecule has 0 saturated heterocycles. The van der Waals surface area contributed by atoms with Crippen LogP contribution in [0.25, 0.3) is 60.5 Å². The van der Waals surface area contributed by atoms with E-state index in [-0.39, 0.29) is 16.2 Å². The summed E-state index contributed by atoms with van der Waals surface area (Å²) in [4.78, 5) is 0. The summed E-state index contributed by atoms with van der Waals surface area (Å²) in [5.74, 6) is 0. The number of para-hydroxylation sites is 1. The van der Waals surface area contributed by atoms with E-state index in [9.17, 15) is 0 Å². The van der Waals surface area contributed by atoms with Gasteiger partial charge in [0.2, 0.25) is 0 Å². The zero-order chi connectivity index (χ0) is 37.3. The van der Waals surface area contributed by atoms with E-state index in [1.807, 2.05) is 0 Å². The first-order valence-corrected chi connectivity index (χ1v) is 19.4. The molecule has 0 atom stereocenters. The van der Waals surface area contributed by atoms with Gasteiger partial charge in [0.15, 0.2) is 7.28 Å². The molecule has 0 unspecified atom stereocenters. The number of hydrogen-bond donors (Lipinski definition) is 1. The van der Waals surface area contributed by atoms with Crippen molar-refractivity contribution in [1.82, 2.24) is 4.57 Å². The van der Waals surface area contributed by atoms with Crippen LogP contribution in [-0.4, -0.2) is 11.8 Å². The number of benzene rings is 7. The molecule has 2 nitrogen and oxygen atoms in total. The second kappa shape index (κ2) is 11.2. The maximum Gasteiger partial charge on any atom is 0.197 e. The number of anilines is 2. The van der Waals surface area contributed by atoms with E-state index in [1.54, 1.807) is 0 Å².